The van der Waals surface area contributed by atoms with Crippen LogP contribution in [0, 0.1) is 5.82 Å². The number of aromatic amines is 1. The summed E-state index contributed by atoms with van der Waals surface area (Å²) in [6.45, 7) is 0.359. The third-order valence-corrected chi connectivity index (χ3v) is 6.06. The summed E-state index contributed by atoms with van der Waals surface area (Å²) in [6, 6.07) is 7.78. The molecule has 0 atom stereocenters. The van der Waals surface area contributed by atoms with E-state index in [9.17, 15) is 27.5 Å². The molecule has 0 unspecified atom stereocenters. The molecule has 8 nitrogen and oxygen atoms in total. The average molecular weight is 500 g/mol. The number of fused-ring (bicyclic) bond motifs is 2. The highest BCUT2D eigenvalue weighted by atomic mass is 19.4. The van der Waals surface area contributed by atoms with Gasteiger partial charge in [-0.15, -0.1) is 0 Å². The Kier molecular flexibility index (Phi) is 5.94. The van der Waals surface area contributed by atoms with Crippen molar-refractivity contribution in [2.45, 2.75) is 25.6 Å². The van der Waals surface area contributed by atoms with Crippen molar-refractivity contribution in [2.24, 2.45) is 0 Å². The topological polar surface area (TPSA) is 107 Å². The second-order valence-electron chi connectivity index (χ2n) is 8.37. The molecule has 0 bridgehead atoms. The maximum Gasteiger partial charge on any atom is 0.431 e. The third-order valence-electron chi connectivity index (χ3n) is 6.06. The third kappa shape index (κ3) is 4.53. The van der Waals surface area contributed by atoms with E-state index in [0.29, 0.717) is 40.0 Å². The summed E-state index contributed by atoms with van der Waals surface area (Å²) in [7, 11) is 0. The highest BCUT2D eigenvalue weighted by molar-refractivity contribution is 5.85. The molecule has 0 spiro atoms. The fourth-order valence-electron chi connectivity index (χ4n) is 4.41. The SMILES string of the molecule is O=C(O)N1CCc2c(nc(-c3cncc(F)c3)nc2NCCc2c(C(F)(F)F)[nH]c3ccccc23)C1. The molecule has 3 aromatic heterocycles. The lowest BCUT2D eigenvalue weighted by Crippen LogP contribution is -2.36. The van der Waals surface area contributed by atoms with E-state index >= 15 is 0 Å². The standard InChI is InChI=1S/C24H20F4N6O2/c25-14-9-13(10-29-11-14)21-32-19-12-34(23(35)36)8-6-17(19)22(33-21)30-7-5-16-15-3-1-2-4-18(15)31-20(16)24(26,27)28/h1-4,9-11,31H,5-8,12H2,(H,35,36)(H,30,32,33). The van der Waals surface area contributed by atoms with Crippen LogP contribution >= 0.6 is 0 Å². The number of pyridine rings is 1. The summed E-state index contributed by atoms with van der Waals surface area (Å²) in [5.74, 6) is -0.0780. The van der Waals surface area contributed by atoms with Crippen molar-refractivity contribution < 1.29 is 27.5 Å². The smallest absolute Gasteiger partial charge is 0.431 e. The number of nitrogens with zero attached hydrogens (tertiary/aromatic N) is 4. The second-order valence-corrected chi connectivity index (χ2v) is 8.37. The number of alkyl halides is 3. The van der Waals surface area contributed by atoms with E-state index in [1.54, 1.807) is 24.3 Å². The average Bonchev–Trinajstić information content (AvgIpc) is 3.23. The molecule has 4 aromatic rings. The summed E-state index contributed by atoms with van der Waals surface area (Å²) >= 11 is 0. The van der Waals surface area contributed by atoms with Gasteiger partial charge in [0.25, 0.3) is 0 Å². The van der Waals surface area contributed by atoms with E-state index < -0.39 is 23.8 Å². The Morgan fingerprint density at radius 3 is 2.75 bits per heavy atom. The van der Waals surface area contributed by atoms with Crippen molar-refractivity contribution >= 4 is 22.8 Å². The summed E-state index contributed by atoms with van der Waals surface area (Å²) in [5, 5.41) is 13.0. The molecule has 0 saturated carbocycles. The number of carboxylic acid groups (broad SMARTS) is 1. The largest absolute Gasteiger partial charge is 0.465 e. The minimum Gasteiger partial charge on any atom is -0.465 e. The van der Waals surface area contributed by atoms with Gasteiger partial charge in [0.15, 0.2) is 5.82 Å². The van der Waals surface area contributed by atoms with Gasteiger partial charge in [-0.05, 0) is 30.5 Å². The van der Waals surface area contributed by atoms with Crippen LogP contribution in [-0.4, -0.2) is 49.1 Å². The van der Waals surface area contributed by atoms with E-state index in [4.69, 9.17) is 0 Å². The predicted molar refractivity (Wildman–Crippen MR) is 123 cm³/mol. The van der Waals surface area contributed by atoms with E-state index in [-0.39, 0.29) is 37.4 Å². The molecule has 1 aliphatic rings. The van der Waals surface area contributed by atoms with Crippen molar-refractivity contribution in [3.63, 3.8) is 0 Å². The molecule has 0 saturated heterocycles. The Morgan fingerprint density at radius 1 is 1.19 bits per heavy atom. The first-order chi connectivity index (χ1) is 17.2. The minimum atomic E-state index is -4.54. The zero-order valence-electron chi connectivity index (χ0n) is 18.7. The number of benzene rings is 1. The van der Waals surface area contributed by atoms with Crippen LogP contribution in [0.25, 0.3) is 22.3 Å². The molecule has 36 heavy (non-hydrogen) atoms. The van der Waals surface area contributed by atoms with Gasteiger partial charge in [0.05, 0.1) is 18.4 Å². The van der Waals surface area contributed by atoms with Crippen molar-refractivity contribution in [3.8, 4) is 11.4 Å². The Hall–Kier alpha value is -4.22. The van der Waals surface area contributed by atoms with Gasteiger partial charge in [-0.2, -0.15) is 13.2 Å². The molecular weight excluding hydrogens is 480 g/mol. The summed E-state index contributed by atoms with van der Waals surface area (Å²) < 4.78 is 54.8. The van der Waals surface area contributed by atoms with Crippen LogP contribution in [0.4, 0.5) is 28.2 Å². The van der Waals surface area contributed by atoms with Crippen LogP contribution in [0.5, 0.6) is 0 Å². The lowest BCUT2D eigenvalue weighted by atomic mass is 10.0. The number of nitrogens with one attached hydrogen (secondary N) is 2. The molecule has 12 heteroatoms. The molecule has 4 heterocycles. The number of rotatable bonds is 5. The van der Waals surface area contributed by atoms with E-state index in [2.05, 4.69) is 25.3 Å². The van der Waals surface area contributed by atoms with Crippen LogP contribution < -0.4 is 5.32 Å². The van der Waals surface area contributed by atoms with Gasteiger partial charge in [0.1, 0.15) is 17.3 Å². The lowest BCUT2D eigenvalue weighted by Gasteiger charge is -2.27. The van der Waals surface area contributed by atoms with Crippen LogP contribution in [0.15, 0.2) is 42.7 Å². The zero-order valence-corrected chi connectivity index (χ0v) is 18.7. The quantitative estimate of drug-likeness (QED) is 0.338. The predicted octanol–water partition coefficient (Wildman–Crippen LogP) is 4.87. The van der Waals surface area contributed by atoms with Crippen LogP contribution in [0.3, 0.4) is 0 Å². The van der Waals surface area contributed by atoms with Crippen LogP contribution in [0.2, 0.25) is 0 Å². The first-order valence-corrected chi connectivity index (χ1v) is 11.1. The highest BCUT2D eigenvalue weighted by Gasteiger charge is 2.36. The van der Waals surface area contributed by atoms with Crippen molar-refractivity contribution in [1.82, 2.24) is 24.8 Å². The number of halogens is 4. The number of anilines is 1. The molecule has 1 amide bonds. The molecular formula is C24H20F4N6O2. The zero-order chi connectivity index (χ0) is 25.4. The van der Waals surface area contributed by atoms with Gasteiger partial charge in [-0.3, -0.25) is 4.98 Å². The molecule has 1 aliphatic heterocycles. The van der Waals surface area contributed by atoms with Crippen molar-refractivity contribution in [3.05, 3.63) is 71.1 Å². The number of para-hydroxylation sites is 1. The maximum absolute atomic E-state index is 13.8. The van der Waals surface area contributed by atoms with E-state index in [1.807, 2.05) is 0 Å². The number of amides is 1. The fraction of sp³-hybridized carbons (Fsp3) is 0.250. The molecule has 3 N–H and O–H groups in total. The van der Waals surface area contributed by atoms with Gasteiger partial charge in [-0.25, -0.2) is 19.2 Å². The Bertz CT molecular complexity index is 1450. The normalized spacial score (nSPS) is 13.6. The number of H-pyrrole nitrogens is 1. The highest BCUT2D eigenvalue weighted by Crippen LogP contribution is 2.36. The van der Waals surface area contributed by atoms with Crippen molar-refractivity contribution in [2.75, 3.05) is 18.4 Å². The molecule has 0 fully saturated rings. The molecule has 5 rings (SSSR count). The fourth-order valence-corrected chi connectivity index (χ4v) is 4.41. The molecule has 186 valence electrons. The Balaban J connectivity index is 1.47. The lowest BCUT2D eigenvalue weighted by molar-refractivity contribution is -0.141. The number of hydrogen-bond donors (Lipinski definition) is 3. The Morgan fingerprint density at radius 2 is 2.00 bits per heavy atom. The second kappa shape index (κ2) is 9.10. The first kappa shape index (κ1) is 23.5. The molecule has 0 radical (unpaired) electrons. The van der Waals surface area contributed by atoms with Gasteiger partial charge in [0, 0.05) is 41.3 Å². The summed E-state index contributed by atoms with van der Waals surface area (Å²) in [4.78, 5) is 27.9. The maximum atomic E-state index is 13.8. The Labute approximate surface area is 202 Å². The summed E-state index contributed by atoms with van der Waals surface area (Å²) in [5.41, 5.74) is 1.16. The van der Waals surface area contributed by atoms with Gasteiger partial charge in [-0.1, -0.05) is 18.2 Å². The number of carbonyl (C=O) groups is 1. The first-order valence-electron chi connectivity index (χ1n) is 11.1. The van der Waals surface area contributed by atoms with E-state index in [0.717, 1.165) is 6.20 Å². The van der Waals surface area contributed by atoms with Crippen LogP contribution in [0.1, 0.15) is 22.5 Å². The van der Waals surface area contributed by atoms with E-state index in [1.165, 1.54) is 17.2 Å². The molecule has 1 aromatic carbocycles. The van der Waals surface area contributed by atoms with Gasteiger partial charge < -0.3 is 20.3 Å². The summed E-state index contributed by atoms with van der Waals surface area (Å²) in [6.07, 6.45) is -2.84. The van der Waals surface area contributed by atoms with Crippen LogP contribution in [-0.2, 0) is 25.6 Å². The molecule has 0 aliphatic carbocycles. The number of hydrogen-bond acceptors (Lipinski definition) is 5. The monoisotopic (exact) mass is 500 g/mol. The minimum absolute atomic E-state index is 0.0122. The van der Waals surface area contributed by atoms with Gasteiger partial charge >= 0.3 is 12.3 Å². The van der Waals surface area contributed by atoms with Crippen molar-refractivity contribution in [1.29, 1.82) is 0 Å². The number of aromatic nitrogens is 4. The van der Waals surface area contributed by atoms with Gasteiger partial charge in [0.2, 0.25) is 0 Å².